The summed E-state index contributed by atoms with van der Waals surface area (Å²) in [6, 6.07) is 0. The van der Waals surface area contributed by atoms with Crippen LogP contribution in [0.4, 0.5) is 0 Å². The lowest BCUT2D eigenvalue weighted by atomic mass is 10.1. The molecule has 5 nitrogen and oxygen atoms in total. The maximum Gasteiger partial charge on any atom is 0.332 e. The van der Waals surface area contributed by atoms with Crippen LogP contribution in [0.2, 0.25) is 0 Å². The molecule has 1 aromatic heterocycles. The molecule has 1 atom stereocenters. The maximum atomic E-state index is 10.3. The van der Waals surface area contributed by atoms with E-state index in [-0.39, 0.29) is 6.42 Å². The van der Waals surface area contributed by atoms with Gasteiger partial charge in [0.2, 0.25) is 0 Å². The minimum Gasteiger partial charge on any atom is -0.479 e. The summed E-state index contributed by atoms with van der Waals surface area (Å²) >= 11 is 0. The van der Waals surface area contributed by atoms with Crippen LogP contribution in [0.1, 0.15) is 12.0 Å². The Hall–Kier alpha value is -1.36. The molecule has 1 heterocycles. The van der Waals surface area contributed by atoms with Crippen molar-refractivity contribution in [2.45, 2.75) is 18.9 Å². The molecule has 0 saturated carbocycles. The highest BCUT2D eigenvalue weighted by molar-refractivity contribution is 5.71. The zero-order valence-electron chi connectivity index (χ0n) is 7.34. The molecule has 0 fully saturated rings. The van der Waals surface area contributed by atoms with Crippen LogP contribution in [0.3, 0.4) is 0 Å². The summed E-state index contributed by atoms with van der Waals surface area (Å²) in [4.78, 5) is 10.3. The number of aliphatic carboxylic acids is 1. The molecule has 0 radical (unpaired) electrons. The van der Waals surface area contributed by atoms with Gasteiger partial charge in [0.05, 0.1) is 6.20 Å². The summed E-state index contributed by atoms with van der Waals surface area (Å²) in [5, 5.41) is 21.3. The van der Waals surface area contributed by atoms with E-state index in [1.54, 1.807) is 24.1 Å². The number of aliphatic hydroxyl groups is 1. The third-order valence-corrected chi connectivity index (χ3v) is 1.75. The summed E-state index contributed by atoms with van der Waals surface area (Å²) in [5.74, 6) is -1.18. The van der Waals surface area contributed by atoms with E-state index in [0.717, 1.165) is 5.56 Å². The van der Waals surface area contributed by atoms with E-state index in [1.807, 2.05) is 0 Å². The first-order valence-electron chi connectivity index (χ1n) is 3.98. The predicted octanol–water partition coefficient (Wildman–Crippen LogP) is -0.202. The minimum absolute atomic E-state index is 0.223. The third-order valence-electron chi connectivity index (χ3n) is 1.75. The number of hydrogen-bond donors (Lipinski definition) is 2. The number of aliphatic hydroxyl groups excluding tert-OH is 1. The second kappa shape index (κ2) is 4.04. The fraction of sp³-hybridized carbons (Fsp3) is 0.500. The highest BCUT2D eigenvalue weighted by atomic mass is 16.4. The summed E-state index contributed by atoms with van der Waals surface area (Å²) in [6.07, 6.45) is 2.94. The first kappa shape index (κ1) is 9.73. The van der Waals surface area contributed by atoms with Crippen molar-refractivity contribution in [3.63, 3.8) is 0 Å². The van der Waals surface area contributed by atoms with E-state index in [9.17, 15) is 4.79 Å². The monoisotopic (exact) mass is 184 g/mol. The van der Waals surface area contributed by atoms with Gasteiger partial charge in [-0.2, -0.15) is 5.10 Å². The molecule has 1 aromatic rings. The van der Waals surface area contributed by atoms with Crippen molar-refractivity contribution in [3.05, 3.63) is 18.0 Å². The SMILES string of the molecule is Cn1cc(CCC(O)C(=O)O)cn1. The van der Waals surface area contributed by atoms with Crippen molar-refractivity contribution in [3.8, 4) is 0 Å². The van der Waals surface area contributed by atoms with Crippen LogP contribution in [0, 0.1) is 0 Å². The summed E-state index contributed by atoms with van der Waals surface area (Å²) in [7, 11) is 1.79. The van der Waals surface area contributed by atoms with Gasteiger partial charge in [-0.1, -0.05) is 0 Å². The van der Waals surface area contributed by atoms with Gasteiger partial charge in [0, 0.05) is 13.2 Å². The van der Waals surface area contributed by atoms with Gasteiger partial charge in [0.25, 0.3) is 0 Å². The van der Waals surface area contributed by atoms with E-state index < -0.39 is 12.1 Å². The second-order valence-electron chi connectivity index (χ2n) is 2.91. The molecule has 1 rings (SSSR count). The Kier molecular flexibility index (Phi) is 3.02. The maximum absolute atomic E-state index is 10.3. The Balaban J connectivity index is 2.39. The lowest BCUT2D eigenvalue weighted by Crippen LogP contribution is -2.19. The van der Waals surface area contributed by atoms with Crippen LogP contribution in [0.15, 0.2) is 12.4 Å². The zero-order valence-corrected chi connectivity index (χ0v) is 7.34. The number of aryl methyl sites for hydroxylation is 2. The second-order valence-corrected chi connectivity index (χ2v) is 2.91. The highest BCUT2D eigenvalue weighted by Gasteiger charge is 2.12. The van der Waals surface area contributed by atoms with Crippen LogP contribution in [-0.4, -0.2) is 32.1 Å². The molecule has 0 bridgehead atoms. The van der Waals surface area contributed by atoms with Crippen molar-refractivity contribution >= 4 is 5.97 Å². The molecular weight excluding hydrogens is 172 g/mol. The standard InChI is InChI=1S/C8H12N2O3/c1-10-5-6(4-9-10)2-3-7(11)8(12)13/h4-5,7,11H,2-3H2,1H3,(H,12,13). The predicted molar refractivity (Wildman–Crippen MR) is 45.2 cm³/mol. The molecule has 0 aromatic carbocycles. The zero-order chi connectivity index (χ0) is 9.84. The molecular formula is C8H12N2O3. The van der Waals surface area contributed by atoms with E-state index >= 15 is 0 Å². The van der Waals surface area contributed by atoms with Gasteiger partial charge in [-0.05, 0) is 18.4 Å². The Morgan fingerprint density at radius 1 is 1.77 bits per heavy atom. The average Bonchev–Trinajstić information content (AvgIpc) is 2.47. The normalized spacial score (nSPS) is 12.8. The summed E-state index contributed by atoms with van der Waals surface area (Å²) < 4.78 is 1.64. The molecule has 5 heteroatoms. The fourth-order valence-electron chi connectivity index (χ4n) is 1.03. The van der Waals surface area contributed by atoms with Crippen LogP contribution in [-0.2, 0) is 18.3 Å². The largest absolute Gasteiger partial charge is 0.479 e. The Morgan fingerprint density at radius 3 is 2.92 bits per heavy atom. The first-order chi connectivity index (χ1) is 6.09. The van der Waals surface area contributed by atoms with E-state index in [1.165, 1.54) is 0 Å². The molecule has 1 unspecified atom stereocenters. The Labute approximate surface area is 75.6 Å². The van der Waals surface area contributed by atoms with Gasteiger partial charge in [0.15, 0.2) is 6.10 Å². The lowest BCUT2D eigenvalue weighted by Gasteiger charge is -2.02. The van der Waals surface area contributed by atoms with Crippen LogP contribution < -0.4 is 0 Å². The number of hydrogen-bond acceptors (Lipinski definition) is 3. The van der Waals surface area contributed by atoms with Crippen LogP contribution in [0.5, 0.6) is 0 Å². The quantitative estimate of drug-likeness (QED) is 0.679. The van der Waals surface area contributed by atoms with Crippen molar-refractivity contribution in [1.29, 1.82) is 0 Å². The molecule has 2 N–H and O–H groups in total. The minimum atomic E-state index is -1.28. The number of rotatable bonds is 4. The van der Waals surface area contributed by atoms with Gasteiger partial charge in [0.1, 0.15) is 0 Å². The van der Waals surface area contributed by atoms with Gasteiger partial charge in [-0.25, -0.2) is 4.79 Å². The smallest absolute Gasteiger partial charge is 0.332 e. The molecule has 72 valence electrons. The number of carboxylic acid groups (broad SMARTS) is 1. The lowest BCUT2D eigenvalue weighted by molar-refractivity contribution is -0.146. The average molecular weight is 184 g/mol. The molecule has 0 amide bonds. The Morgan fingerprint density at radius 2 is 2.46 bits per heavy atom. The van der Waals surface area contributed by atoms with Crippen molar-refractivity contribution < 1.29 is 15.0 Å². The summed E-state index contributed by atoms with van der Waals surface area (Å²) in [5.41, 5.74) is 0.933. The van der Waals surface area contributed by atoms with Crippen LogP contribution >= 0.6 is 0 Å². The fourth-order valence-corrected chi connectivity index (χ4v) is 1.03. The molecule has 0 spiro atoms. The third kappa shape index (κ3) is 2.87. The number of aromatic nitrogens is 2. The molecule has 0 aliphatic carbocycles. The van der Waals surface area contributed by atoms with Crippen molar-refractivity contribution in [1.82, 2.24) is 9.78 Å². The molecule has 0 aliphatic heterocycles. The van der Waals surface area contributed by atoms with Crippen LogP contribution in [0.25, 0.3) is 0 Å². The van der Waals surface area contributed by atoms with Gasteiger partial charge in [-0.15, -0.1) is 0 Å². The highest BCUT2D eigenvalue weighted by Crippen LogP contribution is 2.03. The number of carboxylic acids is 1. The molecule has 0 aliphatic rings. The molecule has 0 saturated heterocycles. The summed E-state index contributed by atoms with van der Waals surface area (Å²) in [6.45, 7) is 0. The van der Waals surface area contributed by atoms with Gasteiger partial charge >= 0.3 is 5.97 Å². The Bertz CT molecular complexity index is 295. The topological polar surface area (TPSA) is 75.4 Å². The van der Waals surface area contributed by atoms with Crippen molar-refractivity contribution in [2.75, 3.05) is 0 Å². The van der Waals surface area contributed by atoms with E-state index in [2.05, 4.69) is 5.10 Å². The van der Waals surface area contributed by atoms with E-state index in [4.69, 9.17) is 10.2 Å². The van der Waals surface area contributed by atoms with Gasteiger partial charge in [-0.3, -0.25) is 4.68 Å². The van der Waals surface area contributed by atoms with E-state index in [0.29, 0.717) is 6.42 Å². The van der Waals surface area contributed by atoms with Crippen molar-refractivity contribution in [2.24, 2.45) is 7.05 Å². The van der Waals surface area contributed by atoms with Gasteiger partial charge < -0.3 is 10.2 Å². The molecule has 13 heavy (non-hydrogen) atoms. The first-order valence-corrected chi connectivity index (χ1v) is 3.98. The number of nitrogens with zero attached hydrogens (tertiary/aromatic N) is 2. The number of carbonyl (C=O) groups is 1.